The standard InChI is InChI=1S/C22H24N2O3S/c1-4-26-22(25)14-27-21-11-10-20(12-16(21)2)28-15-18-13-23-24(17(18)3)19-8-6-5-7-9-19/h5-13H,4,14-15H2,1-3H3. The van der Waals surface area contributed by atoms with Crippen molar-refractivity contribution in [3.05, 3.63) is 71.5 Å². The van der Waals surface area contributed by atoms with Crippen LogP contribution < -0.4 is 4.74 Å². The Morgan fingerprint density at radius 1 is 1.14 bits per heavy atom. The lowest BCUT2D eigenvalue weighted by molar-refractivity contribution is -0.145. The maximum atomic E-state index is 11.4. The van der Waals surface area contributed by atoms with E-state index in [1.54, 1.807) is 18.7 Å². The molecule has 0 saturated carbocycles. The van der Waals surface area contributed by atoms with Gasteiger partial charge in [0.05, 0.1) is 18.5 Å². The summed E-state index contributed by atoms with van der Waals surface area (Å²) in [5.74, 6) is 1.18. The molecule has 0 spiro atoms. The molecule has 2 aromatic carbocycles. The fourth-order valence-electron chi connectivity index (χ4n) is 2.79. The van der Waals surface area contributed by atoms with E-state index in [9.17, 15) is 4.79 Å². The van der Waals surface area contributed by atoms with Crippen LogP contribution in [-0.2, 0) is 15.3 Å². The van der Waals surface area contributed by atoms with E-state index in [1.165, 1.54) is 5.56 Å². The van der Waals surface area contributed by atoms with E-state index in [0.29, 0.717) is 12.4 Å². The van der Waals surface area contributed by atoms with E-state index >= 15 is 0 Å². The van der Waals surface area contributed by atoms with Crippen LogP contribution in [0.3, 0.4) is 0 Å². The largest absolute Gasteiger partial charge is 0.482 e. The number of thioether (sulfide) groups is 1. The van der Waals surface area contributed by atoms with Crippen molar-refractivity contribution in [2.75, 3.05) is 13.2 Å². The first kappa shape index (κ1) is 20.0. The molecule has 1 heterocycles. The number of aromatic nitrogens is 2. The lowest BCUT2D eigenvalue weighted by Gasteiger charge is -2.10. The van der Waals surface area contributed by atoms with Gasteiger partial charge in [-0.05, 0) is 56.7 Å². The summed E-state index contributed by atoms with van der Waals surface area (Å²) >= 11 is 1.75. The van der Waals surface area contributed by atoms with E-state index in [2.05, 4.69) is 30.2 Å². The molecule has 1 aromatic heterocycles. The van der Waals surface area contributed by atoms with E-state index < -0.39 is 0 Å². The van der Waals surface area contributed by atoms with Gasteiger partial charge in [0, 0.05) is 21.9 Å². The topological polar surface area (TPSA) is 53.4 Å². The first-order valence-electron chi connectivity index (χ1n) is 9.19. The number of ether oxygens (including phenoxy) is 2. The minimum atomic E-state index is -0.355. The molecule has 0 aliphatic heterocycles. The Kier molecular flexibility index (Phi) is 6.76. The van der Waals surface area contributed by atoms with Crippen molar-refractivity contribution in [1.29, 1.82) is 0 Å². The van der Waals surface area contributed by atoms with Gasteiger partial charge in [-0.15, -0.1) is 11.8 Å². The highest BCUT2D eigenvalue weighted by atomic mass is 32.2. The molecular formula is C22H24N2O3S. The second kappa shape index (κ2) is 9.46. The van der Waals surface area contributed by atoms with Crippen LogP contribution in [0.5, 0.6) is 5.75 Å². The highest BCUT2D eigenvalue weighted by Crippen LogP contribution is 2.29. The van der Waals surface area contributed by atoms with Crippen molar-refractivity contribution in [2.24, 2.45) is 0 Å². The van der Waals surface area contributed by atoms with Crippen molar-refractivity contribution >= 4 is 17.7 Å². The molecule has 3 rings (SSSR count). The maximum absolute atomic E-state index is 11.4. The van der Waals surface area contributed by atoms with Gasteiger partial charge in [-0.3, -0.25) is 0 Å². The molecule has 0 fully saturated rings. The van der Waals surface area contributed by atoms with Crippen molar-refractivity contribution in [3.63, 3.8) is 0 Å². The Hall–Kier alpha value is -2.73. The number of nitrogens with zero attached hydrogens (tertiary/aromatic N) is 2. The molecule has 28 heavy (non-hydrogen) atoms. The molecule has 0 unspecified atom stereocenters. The summed E-state index contributed by atoms with van der Waals surface area (Å²) in [6.07, 6.45) is 1.93. The normalized spacial score (nSPS) is 10.7. The van der Waals surface area contributed by atoms with Gasteiger partial charge in [-0.25, -0.2) is 9.48 Å². The Labute approximate surface area is 169 Å². The van der Waals surface area contributed by atoms with Gasteiger partial charge in [0.2, 0.25) is 0 Å². The third kappa shape index (κ3) is 4.95. The summed E-state index contributed by atoms with van der Waals surface area (Å²) in [7, 11) is 0. The number of para-hydroxylation sites is 1. The maximum Gasteiger partial charge on any atom is 0.344 e. The van der Waals surface area contributed by atoms with E-state index in [1.807, 2.05) is 48.1 Å². The number of esters is 1. The highest BCUT2D eigenvalue weighted by molar-refractivity contribution is 7.98. The second-order valence-corrected chi connectivity index (χ2v) is 7.36. The van der Waals surface area contributed by atoms with Gasteiger partial charge >= 0.3 is 5.97 Å². The molecule has 0 saturated heterocycles. The number of aryl methyl sites for hydroxylation is 1. The van der Waals surface area contributed by atoms with Gasteiger partial charge in [-0.1, -0.05) is 18.2 Å². The molecule has 0 amide bonds. The fourth-order valence-corrected chi connectivity index (χ4v) is 3.82. The number of benzene rings is 2. The second-order valence-electron chi connectivity index (χ2n) is 6.31. The first-order chi connectivity index (χ1) is 13.6. The first-order valence-corrected chi connectivity index (χ1v) is 10.2. The molecule has 0 N–H and O–H groups in total. The van der Waals surface area contributed by atoms with Gasteiger partial charge in [0.15, 0.2) is 6.61 Å². The minimum absolute atomic E-state index is 0.0704. The predicted octanol–water partition coefficient (Wildman–Crippen LogP) is 4.72. The van der Waals surface area contributed by atoms with Crippen LogP contribution in [0.15, 0.2) is 59.6 Å². The highest BCUT2D eigenvalue weighted by Gasteiger charge is 2.10. The zero-order chi connectivity index (χ0) is 19.9. The van der Waals surface area contributed by atoms with Crippen LogP contribution in [0.1, 0.15) is 23.7 Å². The van der Waals surface area contributed by atoms with Gasteiger partial charge in [-0.2, -0.15) is 5.10 Å². The van der Waals surface area contributed by atoms with Gasteiger partial charge in [0.25, 0.3) is 0 Å². The van der Waals surface area contributed by atoms with Crippen LogP contribution in [0, 0.1) is 13.8 Å². The van der Waals surface area contributed by atoms with Crippen LogP contribution in [0.25, 0.3) is 5.69 Å². The third-order valence-electron chi connectivity index (χ3n) is 4.30. The smallest absolute Gasteiger partial charge is 0.344 e. The molecule has 0 radical (unpaired) electrons. The molecule has 6 heteroatoms. The Morgan fingerprint density at radius 2 is 1.93 bits per heavy atom. The van der Waals surface area contributed by atoms with Crippen molar-refractivity contribution < 1.29 is 14.3 Å². The Bertz CT molecular complexity index is 938. The van der Waals surface area contributed by atoms with E-state index in [0.717, 1.165) is 27.6 Å². The third-order valence-corrected chi connectivity index (χ3v) is 5.35. The summed E-state index contributed by atoms with van der Waals surface area (Å²) in [6.45, 7) is 6.13. The van der Waals surface area contributed by atoms with Crippen LogP contribution in [0.4, 0.5) is 0 Å². The number of carbonyl (C=O) groups is 1. The summed E-state index contributed by atoms with van der Waals surface area (Å²) in [5, 5.41) is 4.53. The molecule has 3 aromatic rings. The van der Waals surface area contributed by atoms with Crippen LogP contribution in [-0.4, -0.2) is 29.0 Å². The predicted molar refractivity (Wildman–Crippen MR) is 111 cm³/mol. The summed E-state index contributed by atoms with van der Waals surface area (Å²) < 4.78 is 12.4. The summed E-state index contributed by atoms with van der Waals surface area (Å²) in [5.41, 5.74) is 4.40. The molecule has 0 aliphatic rings. The lowest BCUT2D eigenvalue weighted by atomic mass is 10.2. The number of rotatable bonds is 8. The van der Waals surface area contributed by atoms with Crippen molar-refractivity contribution in [3.8, 4) is 11.4 Å². The van der Waals surface area contributed by atoms with Crippen molar-refractivity contribution in [2.45, 2.75) is 31.4 Å². The fraction of sp³-hybridized carbons (Fsp3) is 0.273. The number of carbonyl (C=O) groups excluding carboxylic acids is 1. The quantitative estimate of drug-likeness (QED) is 0.407. The van der Waals surface area contributed by atoms with Crippen molar-refractivity contribution in [1.82, 2.24) is 9.78 Å². The summed E-state index contributed by atoms with van der Waals surface area (Å²) in [6, 6.07) is 16.1. The molecular weight excluding hydrogens is 372 g/mol. The monoisotopic (exact) mass is 396 g/mol. The lowest BCUT2D eigenvalue weighted by Crippen LogP contribution is -2.14. The average molecular weight is 397 g/mol. The molecule has 0 aliphatic carbocycles. The average Bonchev–Trinajstić information content (AvgIpc) is 3.07. The van der Waals surface area contributed by atoms with Gasteiger partial charge < -0.3 is 9.47 Å². The zero-order valence-electron chi connectivity index (χ0n) is 16.3. The Morgan fingerprint density at radius 3 is 2.64 bits per heavy atom. The SMILES string of the molecule is CCOC(=O)COc1ccc(SCc2cnn(-c3ccccc3)c2C)cc1C. The molecule has 146 valence electrons. The zero-order valence-corrected chi connectivity index (χ0v) is 17.2. The summed E-state index contributed by atoms with van der Waals surface area (Å²) in [4.78, 5) is 12.6. The van der Waals surface area contributed by atoms with E-state index in [4.69, 9.17) is 9.47 Å². The van der Waals surface area contributed by atoms with Crippen LogP contribution in [0.2, 0.25) is 0 Å². The van der Waals surface area contributed by atoms with E-state index in [-0.39, 0.29) is 12.6 Å². The Balaban J connectivity index is 1.62. The number of hydrogen-bond acceptors (Lipinski definition) is 5. The number of hydrogen-bond donors (Lipinski definition) is 0. The van der Waals surface area contributed by atoms with Gasteiger partial charge in [0.1, 0.15) is 5.75 Å². The minimum Gasteiger partial charge on any atom is -0.482 e. The van der Waals surface area contributed by atoms with Crippen LogP contribution >= 0.6 is 11.8 Å². The molecule has 0 atom stereocenters. The molecule has 0 bridgehead atoms. The molecule has 5 nitrogen and oxygen atoms in total.